The molecule has 1 aliphatic rings. The highest BCUT2D eigenvalue weighted by atomic mass is 16.6. The number of hydrogen-bond donors (Lipinski definition) is 2. The van der Waals surface area contributed by atoms with Gasteiger partial charge in [0.1, 0.15) is 5.75 Å². The van der Waals surface area contributed by atoms with Gasteiger partial charge in [-0.15, -0.1) is 5.10 Å². The fraction of sp³-hybridized carbons (Fsp3) is 0.267. The number of carbonyl (C=O) groups is 2. The third-order valence-corrected chi connectivity index (χ3v) is 3.74. The van der Waals surface area contributed by atoms with Crippen molar-refractivity contribution in [3.8, 4) is 11.6 Å². The Hall–Kier alpha value is -2.83. The third kappa shape index (κ3) is 2.11. The Balaban J connectivity index is 2.21. The molecule has 1 aromatic carbocycles. The predicted molar refractivity (Wildman–Crippen MR) is 74.4 cm³/mol. The van der Waals surface area contributed by atoms with Gasteiger partial charge in [-0.05, 0) is 24.6 Å². The van der Waals surface area contributed by atoms with Crippen LogP contribution in [0.3, 0.4) is 0 Å². The van der Waals surface area contributed by atoms with Crippen LogP contribution < -0.4 is 4.74 Å². The molecule has 2 unspecified atom stereocenters. The van der Waals surface area contributed by atoms with Crippen LogP contribution >= 0.6 is 0 Å². The second-order valence-electron chi connectivity index (χ2n) is 5.06. The largest absolute Gasteiger partial charge is 0.508 e. The number of ether oxygens (including phenoxy) is 2. The molecule has 1 aliphatic heterocycles. The molecule has 2 N–H and O–H groups in total. The molecule has 114 valence electrons. The second-order valence-corrected chi connectivity index (χ2v) is 5.06. The van der Waals surface area contributed by atoms with Gasteiger partial charge in [0.25, 0.3) is 0 Å². The summed E-state index contributed by atoms with van der Waals surface area (Å²) in [4.78, 5) is 24.3. The van der Waals surface area contributed by atoms with Crippen LogP contribution in [0.25, 0.3) is 0 Å². The van der Waals surface area contributed by atoms with E-state index in [1.807, 2.05) is 0 Å². The van der Waals surface area contributed by atoms with E-state index in [9.17, 15) is 14.7 Å². The Morgan fingerprint density at radius 2 is 2.23 bits per heavy atom. The number of H-pyrrole nitrogens is 1. The number of aromatic amines is 1. The number of nitrogens with one attached hydrogen (secondary N) is 1. The summed E-state index contributed by atoms with van der Waals surface area (Å²) in [5.41, 5.74) is 1.91. The van der Waals surface area contributed by atoms with Gasteiger partial charge in [0.05, 0.1) is 7.11 Å². The molecular weight excluding hydrogens is 288 g/mol. The number of hydrogen-bond acceptors (Lipinski definition) is 6. The monoisotopic (exact) mass is 302 g/mol. The summed E-state index contributed by atoms with van der Waals surface area (Å²) in [5, 5.41) is 16.4. The number of nitrogens with zero attached hydrogens (tertiary/aromatic N) is 1. The molecule has 3 rings (SSSR count). The number of aromatic hydroxyl groups is 1. The number of aryl methyl sites for hydroxylation is 1. The quantitative estimate of drug-likeness (QED) is 0.640. The molecule has 2 atom stereocenters. The summed E-state index contributed by atoms with van der Waals surface area (Å²) in [7, 11) is 1.22. The standard InChI is InChI=1S/C15H14N2O5/c1-7-10-11(8-4-3-5-9(18)6-8)12(14(19)21-2)15(20)22-13(10)17-16-7/h3-6,11-12,18H,1-2H3,(H,16,17). The molecule has 0 fully saturated rings. The summed E-state index contributed by atoms with van der Waals surface area (Å²) >= 11 is 0. The first-order valence-corrected chi connectivity index (χ1v) is 6.66. The summed E-state index contributed by atoms with van der Waals surface area (Å²) in [5.74, 6) is -2.99. The van der Waals surface area contributed by atoms with Gasteiger partial charge in [0.15, 0.2) is 5.92 Å². The Kier molecular flexibility index (Phi) is 3.32. The van der Waals surface area contributed by atoms with Crippen molar-refractivity contribution in [1.29, 1.82) is 0 Å². The van der Waals surface area contributed by atoms with E-state index in [1.54, 1.807) is 19.1 Å². The van der Waals surface area contributed by atoms with Crippen molar-refractivity contribution >= 4 is 11.9 Å². The van der Waals surface area contributed by atoms with Crippen LogP contribution in [0.2, 0.25) is 0 Å². The van der Waals surface area contributed by atoms with E-state index < -0.39 is 23.8 Å². The van der Waals surface area contributed by atoms with Crippen molar-refractivity contribution < 1.29 is 24.2 Å². The number of carbonyl (C=O) groups excluding carboxylic acids is 2. The van der Waals surface area contributed by atoms with Gasteiger partial charge >= 0.3 is 11.9 Å². The zero-order chi connectivity index (χ0) is 15.9. The lowest BCUT2D eigenvalue weighted by atomic mass is 9.79. The molecule has 0 spiro atoms. The lowest BCUT2D eigenvalue weighted by Crippen LogP contribution is -2.38. The lowest BCUT2D eigenvalue weighted by molar-refractivity contribution is -0.157. The number of benzene rings is 1. The third-order valence-electron chi connectivity index (χ3n) is 3.74. The van der Waals surface area contributed by atoms with Gasteiger partial charge in [-0.25, -0.2) is 0 Å². The maximum atomic E-state index is 12.2. The Bertz CT molecular complexity index is 752. The van der Waals surface area contributed by atoms with Crippen molar-refractivity contribution in [1.82, 2.24) is 10.2 Å². The average molecular weight is 302 g/mol. The molecule has 0 saturated heterocycles. The number of phenols is 1. The van der Waals surface area contributed by atoms with E-state index >= 15 is 0 Å². The lowest BCUT2D eigenvalue weighted by Gasteiger charge is -2.28. The van der Waals surface area contributed by atoms with Gasteiger partial charge < -0.3 is 14.6 Å². The molecule has 0 amide bonds. The fourth-order valence-corrected chi connectivity index (χ4v) is 2.76. The molecule has 22 heavy (non-hydrogen) atoms. The number of esters is 2. The molecule has 0 bridgehead atoms. The molecule has 0 saturated carbocycles. The summed E-state index contributed by atoms with van der Waals surface area (Å²) < 4.78 is 9.87. The fourth-order valence-electron chi connectivity index (χ4n) is 2.76. The van der Waals surface area contributed by atoms with Crippen LogP contribution in [-0.2, 0) is 14.3 Å². The number of fused-ring (bicyclic) bond motifs is 1. The maximum Gasteiger partial charge on any atom is 0.328 e. The van der Waals surface area contributed by atoms with Crippen LogP contribution in [0.4, 0.5) is 0 Å². The summed E-state index contributed by atoms with van der Waals surface area (Å²) in [6.45, 7) is 1.77. The van der Waals surface area contributed by atoms with Crippen LogP contribution in [-0.4, -0.2) is 34.4 Å². The van der Waals surface area contributed by atoms with E-state index in [2.05, 4.69) is 10.2 Å². The van der Waals surface area contributed by atoms with Crippen LogP contribution in [0.15, 0.2) is 24.3 Å². The molecule has 0 aliphatic carbocycles. The smallest absolute Gasteiger partial charge is 0.328 e. The molecule has 1 aromatic heterocycles. The first kappa shape index (κ1) is 14.1. The van der Waals surface area contributed by atoms with Gasteiger partial charge in [-0.3, -0.25) is 14.7 Å². The van der Waals surface area contributed by atoms with Crippen LogP contribution in [0, 0.1) is 12.8 Å². The van der Waals surface area contributed by atoms with Gasteiger partial charge in [0, 0.05) is 17.2 Å². The maximum absolute atomic E-state index is 12.2. The van der Waals surface area contributed by atoms with Crippen molar-refractivity contribution in [3.63, 3.8) is 0 Å². The highest BCUT2D eigenvalue weighted by Gasteiger charge is 2.46. The van der Waals surface area contributed by atoms with E-state index in [4.69, 9.17) is 9.47 Å². The molecule has 2 heterocycles. The Morgan fingerprint density at radius 1 is 1.45 bits per heavy atom. The van der Waals surface area contributed by atoms with E-state index in [0.717, 1.165) is 0 Å². The van der Waals surface area contributed by atoms with E-state index in [-0.39, 0.29) is 11.6 Å². The molecule has 7 heteroatoms. The van der Waals surface area contributed by atoms with Crippen molar-refractivity contribution in [2.24, 2.45) is 5.92 Å². The molecule has 0 radical (unpaired) electrons. The highest BCUT2D eigenvalue weighted by molar-refractivity contribution is 5.99. The summed E-state index contributed by atoms with van der Waals surface area (Å²) in [6, 6.07) is 6.40. The first-order valence-electron chi connectivity index (χ1n) is 6.66. The Labute approximate surface area is 125 Å². The number of rotatable bonds is 2. The normalized spacial score (nSPS) is 20.2. The zero-order valence-electron chi connectivity index (χ0n) is 12.0. The van der Waals surface area contributed by atoms with E-state index in [0.29, 0.717) is 16.8 Å². The average Bonchev–Trinajstić information content (AvgIpc) is 2.86. The van der Waals surface area contributed by atoms with Gasteiger partial charge in [0.2, 0.25) is 5.88 Å². The van der Waals surface area contributed by atoms with Crippen LogP contribution in [0.1, 0.15) is 22.7 Å². The predicted octanol–water partition coefficient (Wildman–Crippen LogP) is 1.26. The highest BCUT2D eigenvalue weighted by Crippen LogP contribution is 2.43. The molecule has 7 nitrogen and oxygen atoms in total. The number of phenolic OH excluding ortho intramolecular Hbond substituents is 1. The minimum absolute atomic E-state index is 0.0442. The first-order chi connectivity index (χ1) is 10.5. The van der Waals surface area contributed by atoms with Crippen molar-refractivity contribution in [3.05, 3.63) is 41.1 Å². The topological polar surface area (TPSA) is 102 Å². The number of aromatic nitrogens is 2. The van der Waals surface area contributed by atoms with Crippen molar-refractivity contribution in [2.75, 3.05) is 7.11 Å². The van der Waals surface area contributed by atoms with Gasteiger partial charge in [-0.1, -0.05) is 12.1 Å². The minimum atomic E-state index is -1.14. The van der Waals surface area contributed by atoms with Crippen molar-refractivity contribution in [2.45, 2.75) is 12.8 Å². The van der Waals surface area contributed by atoms with Crippen LogP contribution in [0.5, 0.6) is 11.6 Å². The minimum Gasteiger partial charge on any atom is -0.508 e. The SMILES string of the molecule is COC(=O)C1C(=O)Oc2n[nH]c(C)c2C1c1cccc(O)c1. The molecule has 2 aromatic rings. The van der Waals surface area contributed by atoms with Gasteiger partial charge in [-0.2, -0.15) is 0 Å². The summed E-state index contributed by atoms with van der Waals surface area (Å²) in [6.07, 6.45) is 0. The molecular formula is C15H14N2O5. The second kappa shape index (κ2) is 5.18. The van der Waals surface area contributed by atoms with E-state index in [1.165, 1.54) is 19.2 Å². The number of methoxy groups -OCH3 is 1. The zero-order valence-corrected chi connectivity index (χ0v) is 12.0. The Morgan fingerprint density at radius 3 is 2.91 bits per heavy atom.